The van der Waals surface area contributed by atoms with Gasteiger partial charge in [-0.05, 0) is 49.6 Å². The lowest BCUT2D eigenvalue weighted by Crippen LogP contribution is -2.46. The van der Waals surface area contributed by atoms with Crippen molar-refractivity contribution in [1.29, 1.82) is 0 Å². The second-order valence-electron chi connectivity index (χ2n) is 7.55. The van der Waals surface area contributed by atoms with Crippen LogP contribution in [-0.2, 0) is 9.53 Å². The Hall–Kier alpha value is -2.07. The van der Waals surface area contributed by atoms with E-state index < -0.39 is 17.1 Å². The van der Waals surface area contributed by atoms with Gasteiger partial charge in [0.2, 0.25) is 0 Å². The maximum absolute atomic E-state index is 12.7. The normalized spacial score (nSPS) is 28.5. The standard InChI is InChI=1S/C20H25NO3/c1-13-15-10-11-20(4,18(23)21-14-8-6-5-7-9-14)24-16(15)12-19(2,3)17(13)22/h5-9,12,17,22H,10-11H2,1-4H3,(H,21,23)/t17?,20-/m0/s1. The topological polar surface area (TPSA) is 58.6 Å². The molecule has 1 heterocycles. The van der Waals surface area contributed by atoms with Crippen molar-refractivity contribution >= 4 is 11.6 Å². The number of aliphatic hydroxyl groups excluding tert-OH is 1. The molecule has 0 bridgehead atoms. The number of carbonyl (C=O) groups excluding carboxylic acids is 1. The van der Waals surface area contributed by atoms with Gasteiger partial charge in [0.15, 0.2) is 5.60 Å². The fourth-order valence-electron chi connectivity index (χ4n) is 3.43. The highest BCUT2D eigenvalue weighted by atomic mass is 16.5. The zero-order valence-electron chi connectivity index (χ0n) is 14.7. The van der Waals surface area contributed by atoms with E-state index in [4.69, 9.17) is 4.74 Å². The summed E-state index contributed by atoms with van der Waals surface area (Å²) in [4.78, 5) is 12.7. The van der Waals surface area contributed by atoms with Gasteiger partial charge in [-0.25, -0.2) is 0 Å². The molecule has 2 atom stereocenters. The van der Waals surface area contributed by atoms with Crippen molar-refractivity contribution in [3.8, 4) is 0 Å². The summed E-state index contributed by atoms with van der Waals surface area (Å²) in [5, 5.41) is 13.4. The summed E-state index contributed by atoms with van der Waals surface area (Å²) in [6.07, 6.45) is 2.75. The molecule has 2 aliphatic rings. The van der Waals surface area contributed by atoms with Gasteiger partial charge in [-0.1, -0.05) is 32.0 Å². The molecule has 128 valence electrons. The fourth-order valence-corrected chi connectivity index (χ4v) is 3.43. The molecule has 24 heavy (non-hydrogen) atoms. The third-order valence-electron chi connectivity index (χ3n) is 5.09. The zero-order valence-corrected chi connectivity index (χ0v) is 14.7. The molecule has 0 aromatic heterocycles. The number of fused-ring (bicyclic) bond motifs is 1. The highest BCUT2D eigenvalue weighted by Crippen LogP contribution is 2.45. The van der Waals surface area contributed by atoms with Crippen LogP contribution in [0.4, 0.5) is 5.69 Å². The summed E-state index contributed by atoms with van der Waals surface area (Å²) in [6, 6.07) is 9.40. The second-order valence-corrected chi connectivity index (χ2v) is 7.55. The Balaban J connectivity index is 1.84. The van der Waals surface area contributed by atoms with Crippen molar-refractivity contribution in [2.75, 3.05) is 5.32 Å². The average molecular weight is 327 g/mol. The van der Waals surface area contributed by atoms with Crippen LogP contribution in [0.25, 0.3) is 0 Å². The van der Waals surface area contributed by atoms with E-state index in [1.165, 1.54) is 0 Å². The second kappa shape index (κ2) is 5.78. The van der Waals surface area contributed by atoms with E-state index >= 15 is 0 Å². The summed E-state index contributed by atoms with van der Waals surface area (Å²) < 4.78 is 6.15. The minimum Gasteiger partial charge on any atom is -0.478 e. The number of amides is 1. The van der Waals surface area contributed by atoms with Crippen LogP contribution >= 0.6 is 0 Å². The molecular formula is C20H25NO3. The molecule has 4 heteroatoms. The minimum atomic E-state index is -0.913. The van der Waals surface area contributed by atoms with E-state index in [9.17, 15) is 9.90 Å². The average Bonchev–Trinajstić information content (AvgIpc) is 2.53. The van der Waals surface area contributed by atoms with Gasteiger partial charge in [-0.3, -0.25) is 4.79 Å². The third kappa shape index (κ3) is 2.86. The number of hydrogen-bond donors (Lipinski definition) is 2. The molecule has 1 aliphatic heterocycles. The van der Waals surface area contributed by atoms with Gasteiger partial charge in [-0.15, -0.1) is 0 Å². The molecule has 1 fully saturated rings. The molecule has 0 radical (unpaired) electrons. The smallest absolute Gasteiger partial charge is 0.268 e. The minimum absolute atomic E-state index is 0.143. The van der Waals surface area contributed by atoms with Crippen molar-refractivity contribution in [1.82, 2.24) is 0 Å². The van der Waals surface area contributed by atoms with Crippen LogP contribution in [0.1, 0.15) is 40.5 Å². The lowest BCUT2D eigenvalue weighted by atomic mass is 9.74. The lowest BCUT2D eigenvalue weighted by Gasteiger charge is -2.42. The maximum atomic E-state index is 12.7. The van der Waals surface area contributed by atoms with Crippen molar-refractivity contribution in [3.05, 3.63) is 53.3 Å². The summed E-state index contributed by atoms with van der Waals surface area (Å²) in [5.41, 5.74) is 1.43. The molecule has 1 aromatic carbocycles. The first-order valence-corrected chi connectivity index (χ1v) is 8.39. The molecule has 1 amide bonds. The van der Waals surface area contributed by atoms with Crippen molar-refractivity contribution < 1.29 is 14.6 Å². The molecular weight excluding hydrogens is 302 g/mol. The highest BCUT2D eigenvalue weighted by Gasteiger charge is 2.44. The summed E-state index contributed by atoms with van der Waals surface area (Å²) in [6.45, 7) is 7.73. The Morgan fingerprint density at radius 3 is 2.58 bits per heavy atom. The first-order valence-electron chi connectivity index (χ1n) is 8.39. The van der Waals surface area contributed by atoms with Crippen molar-refractivity contribution in [2.45, 2.75) is 52.2 Å². The number of ether oxygens (including phenoxy) is 1. The number of allylic oxidation sites excluding steroid dienone is 1. The summed E-state index contributed by atoms with van der Waals surface area (Å²) in [7, 11) is 0. The Morgan fingerprint density at radius 2 is 1.92 bits per heavy atom. The van der Waals surface area contributed by atoms with Crippen LogP contribution in [0.3, 0.4) is 0 Å². The first kappa shape index (κ1) is 16.8. The predicted molar refractivity (Wildman–Crippen MR) is 94.4 cm³/mol. The number of para-hydroxylation sites is 1. The molecule has 1 saturated heterocycles. The van der Waals surface area contributed by atoms with Gasteiger partial charge in [0, 0.05) is 17.5 Å². The lowest BCUT2D eigenvalue weighted by molar-refractivity contribution is -0.136. The number of hydrogen-bond acceptors (Lipinski definition) is 3. The Morgan fingerprint density at radius 1 is 1.25 bits per heavy atom. The van der Waals surface area contributed by atoms with Gasteiger partial charge < -0.3 is 15.2 Å². The van der Waals surface area contributed by atoms with Crippen LogP contribution in [-0.4, -0.2) is 22.7 Å². The molecule has 1 unspecified atom stereocenters. The van der Waals surface area contributed by atoms with Crippen LogP contribution in [0.2, 0.25) is 0 Å². The number of carbonyl (C=O) groups is 1. The number of aliphatic hydroxyl groups is 1. The Kier molecular flexibility index (Phi) is 4.04. The number of nitrogens with one attached hydrogen (secondary N) is 1. The van der Waals surface area contributed by atoms with Gasteiger partial charge in [0.05, 0.1) is 6.10 Å². The van der Waals surface area contributed by atoms with Gasteiger partial charge in [0.1, 0.15) is 5.76 Å². The largest absolute Gasteiger partial charge is 0.478 e. The van der Waals surface area contributed by atoms with E-state index in [1.807, 2.05) is 64.1 Å². The Bertz CT molecular complexity index is 718. The van der Waals surface area contributed by atoms with E-state index in [0.29, 0.717) is 6.42 Å². The quantitative estimate of drug-likeness (QED) is 0.869. The summed E-state index contributed by atoms with van der Waals surface area (Å²) in [5.74, 6) is 0.593. The summed E-state index contributed by atoms with van der Waals surface area (Å²) >= 11 is 0. The fraction of sp³-hybridized carbons (Fsp3) is 0.450. The van der Waals surface area contributed by atoms with E-state index in [-0.39, 0.29) is 5.91 Å². The van der Waals surface area contributed by atoms with E-state index in [1.54, 1.807) is 0 Å². The number of anilines is 1. The third-order valence-corrected chi connectivity index (χ3v) is 5.09. The molecule has 0 saturated carbocycles. The van der Waals surface area contributed by atoms with Gasteiger partial charge >= 0.3 is 0 Å². The van der Waals surface area contributed by atoms with Crippen molar-refractivity contribution in [3.63, 3.8) is 0 Å². The molecule has 4 nitrogen and oxygen atoms in total. The van der Waals surface area contributed by atoms with E-state index in [2.05, 4.69) is 5.32 Å². The van der Waals surface area contributed by atoms with Crippen molar-refractivity contribution in [2.24, 2.45) is 5.41 Å². The number of benzene rings is 1. The molecule has 1 aliphatic carbocycles. The number of rotatable bonds is 2. The van der Waals surface area contributed by atoms with Gasteiger partial charge in [0.25, 0.3) is 5.91 Å². The zero-order chi connectivity index (χ0) is 17.5. The predicted octanol–water partition coefficient (Wildman–Crippen LogP) is 3.80. The SMILES string of the molecule is CC1=C2CC[C@@](C)(C(=O)Nc3ccccc3)OC2=CC(C)(C)C1O. The van der Waals surface area contributed by atoms with Crippen LogP contribution in [0.5, 0.6) is 0 Å². The molecule has 2 N–H and O–H groups in total. The Labute approximate surface area is 143 Å². The molecule has 3 rings (SSSR count). The van der Waals surface area contributed by atoms with Crippen LogP contribution < -0.4 is 5.32 Å². The first-order chi connectivity index (χ1) is 11.2. The maximum Gasteiger partial charge on any atom is 0.268 e. The molecule has 0 spiro atoms. The van der Waals surface area contributed by atoms with E-state index in [0.717, 1.165) is 29.0 Å². The van der Waals surface area contributed by atoms with Crippen LogP contribution in [0.15, 0.2) is 53.3 Å². The van der Waals surface area contributed by atoms with Crippen LogP contribution in [0, 0.1) is 5.41 Å². The highest BCUT2D eigenvalue weighted by molar-refractivity contribution is 5.97. The monoisotopic (exact) mass is 327 g/mol. The van der Waals surface area contributed by atoms with Gasteiger partial charge in [-0.2, -0.15) is 0 Å². The molecule has 1 aromatic rings.